The fourth-order valence-corrected chi connectivity index (χ4v) is 2.57. The third-order valence-corrected chi connectivity index (χ3v) is 3.68. The number of benzene rings is 1. The van der Waals surface area contributed by atoms with E-state index in [4.69, 9.17) is 9.84 Å². The first kappa shape index (κ1) is 14.5. The van der Waals surface area contributed by atoms with E-state index in [0.717, 1.165) is 48.7 Å². The molecule has 5 heteroatoms. The topological polar surface area (TPSA) is 71.5 Å². The molecule has 0 atom stereocenters. The Labute approximate surface area is 128 Å². The molecule has 1 aromatic carbocycles. The summed E-state index contributed by atoms with van der Waals surface area (Å²) in [7, 11) is 0. The Hall–Kier alpha value is -2.40. The number of hydrogen-bond acceptors (Lipinski definition) is 4. The average molecular weight is 298 g/mol. The van der Waals surface area contributed by atoms with Crippen molar-refractivity contribution in [1.29, 1.82) is 0 Å². The molecule has 0 aliphatic carbocycles. The fraction of sp³-hybridized carbons (Fsp3) is 0.294. The first-order valence-electron chi connectivity index (χ1n) is 7.40. The Morgan fingerprint density at radius 3 is 2.86 bits per heavy atom. The highest BCUT2D eigenvalue weighted by Crippen LogP contribution is 2.26. The fourth-order valence-electron chi connectivity index (χ4n) is 2.57. The van der Waals surface area contributed by atoms with Crippen LogP contribution in [0.25, 0.3) is 17.0 Å². The molecule has 3 rings (SSSR count). The van der Waals surface area contributed by atoms with Crippen molar-refractivity contribution in [2.24, 2.45) is 0 Å². The van der Waals surface area contributed by atoms with E-state index >= 15 is 0 Å². The molecule has 22 heavy (non-hydrogen) atoms. The number of aromatic nitrogens is 1. The van der Waals surface area contributed by atoms with Crippen LogP contribution in [-0.2, 0) is 4.79 Å². The van der Waals surface area contributed by atoms with Crippen molar-refractivity contribution in [3.63, 3.8) is 0 Å². The monoisotopic (exact) mass is 298 g/mol. The number of pyridine rings is 1. The average Bonchev–Trinajstić information content (AvgIpc) is 2.54. The summed E-state index contributed by atoms with van der Waals surface area (Å²) in [6, 6.07) is 9.58. The molecule has 2 N–H and O–H groups in total. The van der Waals surface area contributed by atoms with E-state index in [0.29, 0.717) is 5.69 Å². The maximum absolute atomic E-state index is 10.6. The lowest BCUT2D eigenvalue weighted by atomic mass is 10.1. The molecule has 2 heterocycles. The first-order chi connectivity index (χ1) is 10.7. The van der Waals surface area contributed by atoms with Gasteiger partial charge in [0.2, 0.25) is 0 Å². The zero-order valence-corrected chi connectivity index (χ0v) is 12.2. The molecule has 0 unspecified atom stereocenters. The van der Waals surface area contributed by atoms with Gasteiger partial charge in [-0.05, 0) is 44.1 Å². The molecule has 5 nitrogen and oxygen atoms in total. The van der Waals surface area contributed by atoms with Gasteiger partial charge in [-0.25, -0.2) is 9.78 Å². The lowest BCUT2D eigenvalue weighted by Gasteiger charge is -2.24. The molecule has 1 aromatic heterocycles. The normalized spacial score (nSPS) is 16.2. The number of ether oxygens (including phenoxy) is 1. The Kier molecular flexibility index (Phi) is 4.34. The van der Waals surface area contributed by atoms with Crippen molar-refractivity contribution < 1.29 is 14.6 Å². The highest BCUT2D eigenvalue weighted by Gasteiger charge is 2.16. The zero-order chi connectivity index (χ0) is 15.4. The van der Waals surface area contributed by atoms with Crippen LogP contribution in [-0.4, -0.2) is 35.3 Å². The molecule has 0 bridgehead atoms. The second-order valence-electron chi connectivity index (χ2n) is 5.30. The third kappa shape index (κ3) is 3.43. The van der Waals surface area contributed by atoms with Crippen molar-refractivity contribution in [3.8, 4) is 5.75 Å². The predicted molar refractivity (Wildman–Crippen MR) is 84.9 cm³/mol. The lowest BCUT2D eigenvalue weighted by molar-refractivity contribution is -0.131. The molecule has 1 aliphatic heterocycles. The van der Waals surface area contributed by atoms with Gasteiger partial charge in [0.1, 0.15) is 17.4 Å². The SMILES string of the molecule is O=C(O)/C=C/c1ccc2cccc(OC3CCNCC3)c2n1. The van der Waals surface area contributed by atoms with Crippen LogP contribution in [0, 0.1) is 0 Å². The van der Waals surface area contributed by atoms with E-state index in [9.17, 15) is 4.79 Å². The van der Waals surface area contributed by atoms with Crippen LogP contribution < -0.4 is 10.1 Å². The van der Waals surface area contributed by atoms with E-state index in [-0.39, 0.29) is 6.10 Å². The standard InChI is InChI=1S/C17H18N2O3/c20-16(21)7-6-13-5-4-12-2-1-3-15(17(12)19-13)22-14-8-10-18-11-9-14/h1-7,14,18H,8-11H2,(H,20,21)/b7-6+. The summed E-state index contributed by atoms with van der Waals surface area (Å²) in [4.78, 5) is 15.1. The van der Waals surface area contributed by atoms with Crippen LogP contribution in [0.5, 0.6) is 5.75 Å². The van der Waals surface area contributed by atoms with Gasteiger partial charge < -0.3 is 15.2 Å². The van der Waals surface area contributed by atoms with Gasteiger partial charge in [-0.1, -0.05) is 18.2 Å². The Morgan fingerprint density at radius 2 is 2.09 bits per heavy atom. The van der Waals surface area contributed by atoms with Crippen LogP contribution in [0.1, 0.15) is 18.5 Å². The van der Waals surface area contributed by atoms with Gasteiger partial charge in [-0.3, -0.25) is 0 Å². The van der Waals surface area contributed by atoms with Crippen molar-refractivity contribution in [3.05, 3.63) is 42.1 Å². The van der Waals surface area contributed by atoms with E-state index in [1.54, 1.807) is 6.07 Å². The Balaban J connectivity index is 1.91. The van der Waals surface area contributed by atoms with Crippen LogP contribution in [0.4, 0.5) is 0 Å². The molecule has 2 aromatic rings. The number of nitrogens with one attached hydrogen (secondary N) is 1. The molecular formula is C17H18N2O3. The minimum Gasteiger partial charge on any atom is -0.488 e. The molecular weight excluding hydrogens is 280 g/mol. The summed E-state index contributed by atoms with van der Waals surface area (Å²) in [5, 5.41) is 13.0. The van der Waals surface area contributed by atoms with Crippen molar-refractivity contribution in [2.45, 2.75) is 18.9 Å². The van der Waals surface area contributed by atoms with E-state index in [1.165, 1.54) is 6.08 Å². The molecule has 1 saturated heterocycles. The molecule has 114 valence electrons. The predicted octanol–water partition coefficient (Wildman–Crippen LogP) is 2.46. The molecule has 1 aliphatic rings. The number of rotatable bonds is 4. The number of para-hydroxylation sites is 1. The second-order valence-corrected chi connectivity index (χ2v) is 5.30. The quantitative estimate of drug-likeness (QED) is 0.848. The minimum absolute atomic E-state index is 0.201. The number of carboxylic acids is 1. The summed E-state index contributed by atoms with van der Waals surface area (Å²) in [5.74, 6) is -0.226. The zero-order valence-electron chi connectivity index (χ0n) is 12.2. The maximum atomic E-state index is 10.6. The van der Waals surface area contributed by atoms with Gasteiger partial charge in [0.05, 0.1) is 5.69 Å². The van der Waals surface area contributed by atoms with Crippen molar-refractivity contribution >= 4 is 22.9 Å². The summed E-state index contributed by atoms with van der Waals surface area (Å²) in [6.45, 7) is 1.94. The van der Waals surface area contributed by atoms with Gasteiger partial charge in [-0.15, -0.1) is 0 Å². The van der Waals surface area contributed by atoms with Crippen LogP contribution >= 0.6 is 0 Å². The van der Waals surface area contributed by atoms with Crippen molar-refractivity contribution in [1.82, 2.24) is 10.3 Å². The van der Waals surface area contributed by atoms with Crippen LogP contribution in [0.2, 0.25) is 0 Å². The summed E-state index contributed by atoms with van der Waals surface area (Å²) in [5.41, 5.74) is 1.38. The molecule has 0 spiro atoms. The van der Waals surface area contributed by atoms with Gasteiger partial charge in [0, 0.05) is 11.5 Å². The summed E-state index contributed by atoms with van der Waals surface area (Å²) in [6.07, 6.45) is 4.74. The number of hydrogen-bond donors (Lipinski definition) is 2. The number of fused-ring (bicyclic) bond motifs is 1. The van der Waals surface area contributed by atoms with Gasteiger partial charge >= 0.3 is 5.97 Å². The highest BCUT2D eigenvalue weighted by molar-refractivity contribution is 5.88. The maximum Gasteiger partial charge on any atom is 0.328 e. The van der Waals surface area contributed by atoms with Crippen LogP contribution in [0.3, 0.4) is 0 Å². The number of carbonyl (C=O) groups is 1. The van der Waals surface area contributed by atoms with E-state index in [1.807, 2.05) is 24.3 Å². The van der Waals surface area contributed by atoms with Gasteiger partial charge in [-0.2, -0.15) is 0 Å². The van der Waals surface area contributed by atoms with E-state index < -0.39 is 5.97 Å². The number of aliphatic carboxylic acids is 1. The first-order valence-corrected chi connectivity index (χ1v) is 7.40. The third-order valence-electron chi connectivity index (χ3n) is 3.68. The summed E-state index contributed by atoms with van der Waals surface area (Å²) >= 11 is 0. The molecule has 1 fully saturated rings. The van der Waals surface area contributed by atoms with Gasteiger partial charge in [0.25, 0.3) is 0 Å². The molecule has 0 radical (unpaired) electrons. The Bertz CT molecular complexity index is 706. The number of carboxylic acid groups (broad SMARTS) is 1. The Morgan fingerprint density at radius 1 is 1.27 bits per heavy atom. The molecule has 0 saturated carbocycles. The lowest BCUT2D eigenvalue weighted by Crippen LogP contribution is -2.34. The number of nitrogens with zero attached hydrogens (tertiary/aromatic N) is 1. The highest BCUT2D eigenvalue weighted by atomic mass is 16.5. The summed E-state index contributed by atoms with van der Waals surface area (Å²) < 4.78 is 6.11. The second kappa shape index (κ2) is 6.58. The largest absolute Gasteiger partial charge is 0.488 e. The van der Waals surface area contributed by atoms with Crippen LogP contribution in [0.15, 0.2) is 36.4 Å². The molecule has 0 amide bonds. The van der Waals surface area contributed by atoms with Crippen molar-refractivity contribution in [2.75, 3.05) is 13.1 Å². The smallest absolute Gasteiger partial charge is 0.328 e. The van der Waals surface area contributed by atoms with E-state index in [2.05, 4.69) is 10.3 Å². The minimum atomic E-state index is -0.985. The number of piperidine rings is 1. The van der Waals surface area contributed by atoms with Gasteiger partial charge in [0.15, 0.2) is 0 Å².